The van der Waals surface area contributed by atoms with Crippen molar-refractivity contribution in [3.8, 4) is 0 Å². The molecule has 21 heavy (non-hydrogen) atoms. The molecule has 0 N–H and O–H groups in total. The number of ketones is 1. The lowest BCUT2D eigenvalue weighted by molar-refractivity contribution is -0.0734. The predicted octanol–water partition coefficient (Wildman–Crippen LogP) is 3.32. The number of nitrogens with zero attached hydrogens (tertiary/aromatic N) is 2. The number of thioether (sulfide) groups is 1. The van der Waals surface area contributed by atoms with Gasteiger partial charge in [0.1, 0.15) is 4.88 Å². The van der Waals surface area contributed by atoms with Crippen molar-refractivity contribution in [3.63, 3.8) is 0 Å². The van der Waals surface area contributed by atoms with Gasteiger partial charge in [0, 0.05) is 23.7 Å². The Kier molecular flexibility index (Phi) is 4.14. The van der Waals surface area contributed by atoms with Gasteiger partial charge in [-0.1, -0.05) is 25.3 Å². The van der Waals surface area contributed by atoms with Gasteiger partial charge in [0.25, 0.3) is 0 Å². The molecule has 2 atom stereocenters. The van der Waals surface area contributed by atoms with Gasteiger partial charge in [0.05, 0.1) is 11.3 Å². The monoisotopic (exact) mass is 326 g/mol. The van der Waals surface area contributed by atoms with E-state index in [2.05, 4.69) is 30.4 Å². The summed E-state index contributed by atoms with van der Waals surface area (Å²) in [5.41, 5.74) is 0.659. The van der Waals surface area contributed by atoms with E-state index in [1.54, 1.807) is 0 Å². The fraction of sp³-hybridized carbons (Fsp3) is 0.800. The van der Waals surface area contributed by atoms with Crippen LogP contribution >= 0.6 is 23.3 Å². The SMILES string of the molecule is CC(C)(C)c1nnsc1C(=O)C1CCOC2(CCSC2)C1. The van der Waals surface area contributed by atoms with Crippen LogP contribution in [0.2, 0.25) is 0 Å². The van der Waals surface area contributed by atoms with Gasteiger partial charge in [-0.2, -0.15) is 11.8 Å². The minimum absolute atomic E-state index is 0.0523. The maximum atomic E-state index is 12.9. The molecule has 0 amide bonds. The van der Waals surface area contributed by atoms with Crippen molar-refractivity contribution >= 4 is 29.1 Å². The van der Waals surface area contributed by atoms with E-state index in [9.17, 15) is 4.79 Å². The molecule has 4 nitrogen and oxygen atoms in total. The van der Waals surface area contributed by atoms with Gasteiger partial charge in [-0.05, 0) is 36.5 Å². The van der Waals surface area contributed by atoms with Crippen LogP contribution in [0.3, 0.4) is 0 Å². The minimum Gasteiger partial charge on any atom is -0.374 e. The number of carbonyl (C=O) groups is 1. The van der Waals surface area contributed by atoms with Crippen molar-refractivity contribution in [1.29, 1.82) is 0 Å². The molecule has 3 rings (SSSR count). The standard InChI is InChI=1S/C15H22N2O2S2/c1-14(2,3)13-12(21-17-16-13)11(18)10-4-6-19-15(8-10)5-7-20-9-15/h10H,4-9H2,1-3H3. The maximum absolute atomic E-state index is 12.9. The van der Waals surface area contributed by atoms with Crippen LogP contribution in [0.15, 0.2) is 0 Å². The third kappa shape index (κ3) is 3.03. The molecule has 0 radical (unpaired) electrons. The highest BCUT2D eigenvalue weighted by molar-refractivity contribution is 7.99. The summed E-state index contributed by atoms with van der Waals surface area (Å²) in [4.78, 5) is 13.7. The molecule has 2 aliphatic heterocycles. The Morgan fingerprint density at radius 1 is 1.43 bits per heavy atom. The average Bonchev–Trinajstić information content (AvgIpc) is 3.07. The van der Waals surface area contributed by atoms with Gasteiger partial charge in [0.2, 0.25) is 0 Å². The summed E-state index contributed by atoms with van der Waals surface area (Å²) >= 11 is 3.19. The number of carbonyl (C=O) groups excluding carboxylic acids is 1. The van der Waals surface area contributed by atoms with Crippen LogP contribution < -0.4 is 0 Å². The van der Waals surface area contributed by atoms with Crippen molar-refractivity contribution in [2.45, 2.75) is 51.0 Å². The van der Waals surface area contributed by atoms with Gasteiger partial charge < -0.3 is 4.74 Å². The van der Waals surface area contributed by atoms with Gasteiger partial charge >= 0.3 is 0 Å². The third-order valence-corrected chi connectivity index (χ3v) is 6.32. The molecule has 116 valence electrons. The van der Waals surface area contributed by atoms with Crippen LogP contribution in [0.4, 0.5) is 0 Å². The Hall–Kier alpha value is -0.460. The molecule has 1 aromatic heterocycles. The highest BCUT2D eigenvalue weighted by Crippen LogP contribution is 2.42. The predicted molar refractivity (Wildman–Crippen MR) is 86.3 cm³/mol. The summed E-state index contributed by atoms with van der Waals surface area (Å²) in [6.45, 7) is 6.95. The van der Waals surface area contributed by atoms with Crippen molar-refractivity contribution in [2.75, 3.05) is 18.1 Å². The van der Waals surface area contributed by atoms with Gasteiger partial charge in [0.15, 0.2) is 5.78 Å². The third-order valence-electron chi connectivity index (χ3n) is 4.35. The Bertz CT molecular complexity index is 530. The number of ether oxygens (including phenoxy) is 1. The first-order valence-corrected chi connectivity index (χ1v) is 9.43. The number of rotatable bonds is 2. The Morgan fingerprint density at radius 2 is 2.24 bits per heavy atom. The van der Waals surface area contributed by atoms with Crippen LogP contribution in [0.25, 0.3) is 0 Å². The summed E-state index contributed by atoms with van der Waals surface area (Å²) < 4.78 is 10.0. The first kappa shape index (κ1) is 15.4. The molecular formula is C15H22N2O2S2. The Labute approximate surface area is 134 Å². The molecular weight excluding hydrogens is 304 g/mol. The van der Waals surface area contributed by atoms with Crippen molar-refractivity contribution in [1.82, 2.24) is 9.59 Å². The van der Waals surface area contributed by atoms with Crippen molar-refractivity contribution in [3.05, 3.63) is 10.6 Å². The van der Waals surface area contributed by atoms with Crippen molar-refractivity contribution < 1.29 is 9.53 Å². The van der Waals surface area contributed by atoms with Crippen LogP contribution in [0, 0.1) is 5.92 Å². The summed E-state index contributed by atoms with van der Waals surface area (Å²) in [6.07, 6.45) is 2.77. The number of hydrogen-bond donors (Lipinski definition) is 0. The lowest BCUT2D eigenvalue weighted by Crippen LogP contribution is -2.42. The van der Waals surface area contributed by atoms with Crippen LogP contribution in [-0.4, -0.2) is 39.1 Å². The summed E-state index contributed by atoms with van der Waals surface area (Å²) in [6, 6.07) is 0. The molecule has 2 unspecified atom stereocenters. The van der Waals surface area contributed by atoms with E-state index in [1.165, 1.54) is 11.5 Å². The quantitative estimate of drug-likeness (QED) is 0.780. The molecule has 2 saturated heterocycles. The summed E-state index contributed by atoms with van der Waals surface area (Å²) in [5, 5.41) is 4.20. The lowest BCUT2D eigenvalue weighted by atomic mass is 9.81. The van der Waals surface area contributed by atoms with E-state index in [0.717, 1.165) is 41.3 Å². The van der Waals surface area contributed by atoms with E-state index in [4.69, 9.17) is 4.74 Å². The number of Topliss-reactive ketones (excluding diaryl/α,β-unsaturated/α-hetero) is 1. The van der Waals surface area contributed by atoms with Gasteiger partial charge in [-0.15, -0.1) is 5.10 Å². The maximum Gasteiger partial charge on any atom is 0.179 e. The highest BCUT2D eigenvalue weighted by atomic mass is 32.2. The highest BCUT2D eigenvalue weighted by Gasteiger charge is 2.43. The summed E-state index contributed by atoms with van der Waals surface area (Å²) in [7, 11) is 0. The number of aromatic nitrogens is 2. The Balaban J connectivity index is 1.81. The average molecular weight is 326 g/mol. The minimum atomic E-state index is -0.135. The first-order chi connectivity index (χ1) is 9.91. The molecule has 0 aliphatic carbocycles. The molecule has 1 aromatic rings. The second-order valence-electron chi connectivity index (χ2n) is 7.09. The molecule has 3 heterocycles. The molecule has 2 fully saturated rings. The summed E-state index contributed by atoms with van der Waals surface area (Å²) in [5.74, 6) is 2.48. The fourth-order valence-electron chi connectivity index (χ4n) is 3.14. The van der Waals surface area contributed by atoms with Crippen LogP contribution in [0.5, 0.6) is 0 Å². The fourth-order valence-corrected chi connectivity index (χ4v) is 5.42. The molecule has 0 saturated carbocycles. The zero-order valence-corrected chi connectivity index (χ0v) is 14.5. The smallest absolute Gasteiger partial charge is 0.179 e. The molecule has 0 bridgehead atoms. The lowest BCUT2D eigenvalue weighted by Gasteiger charge is -2.37. The van der Waals surface area contributed by atoms with Crippen LogP contribution in [-0.2, 0) is 10.2 Å². The normalized spacial score (nSPS) is 30.0. The zero-order valence-electron chi connectivity index (χ0n) is 12.8. The second-order valence-corrected chi connectivity index (χ2v) is 8.95. The molecule has 1 spiro atoms. The van der Waals surface area contributed by atoms with E-state index in [-0.39, 0.29) is 22.7 Å². The van der Waals surface area contributed by atoms with Gasteiger partial charge in [-0.3, -0.25) is 4.79 Å². The van der Waals surface area contributed by atoms with Crippen molar-refractivity contribution in [2.24, 2.45) is 5.92 Å². The number of hydrogen-bond acceptors (Lipinski definition) is 6. The van der Waals surface area contributed by atoms with E-state index in [1.807, 2.05) is 11.8 Å². The molecule has 0 aromatic carbocycles. The largest absolute Gasteiger partial charge is 0.374 e. The first-order valence-electron chi connectivity index (χ1n) is 7.50. The van der Waals surface area contributed by atoms with E-state index < -0.39 is 0 Å². The second kappa shape index (κ2) is 5.63. The molecule has 6 heteroatoms. The van der Waals surface area contributed by atoms with Gasteiger partial charge in [-0.25, -0.2) is 0 Å². The van der Waals surface area contributed by atoms with E-state index in [0.29, 0.717) is 6.61 Å². The topological polar surface area (TPSA) is 52.1 Å². The zero-order chi connectivity index (χ0) is 15.1. The van der Waals surface area contributed by atoms with Crippen LogP contribution in [0.1, 0.15) is 55.4 Å². The van der Waals surface area contributed by atoms with E-state index >= 15 is 0 Å². The molecule has 2 aliphatic rings. The Morgan fingerprint density at radius 3 is 2.90 bits per heavy atom.